The Hall–Kier alpha value is -1.77. The van der Waals surface area contributed by atoms with E-state index in [0.717, 1.165) is 12.0 Å². The maximum absolute atomic E-state index is 10.9. The minimum atomic E-state index is -0.381. The van der Waals surface area contributed by atoms with Gasteiger partial charge < -0.3 is 10.5 Å². The van der Waals surface area contributed by atoms with Gasteiger partial charge in [-0.15, -0.1) is 0 Å². The second-order valence-electron chi connectivity index (χ2n) is 3.17. The monoisotopic (exact) mass is 205 g/mol. The number of nitrogens with two attached hydrogens (primary N) is 1. The summed E-state index contributed by atoms with van der Waals surface area (Å²) in [7, 11) is 1.34. The van der Waals surface area contributed by atoms with Crippen molar-refractivity contribution in [1.29, 1.82) is 0 Å². The van der Waals surface area contributed by atoms with Crippen molar-refractivity contribution < 1.29 is 9.53 Å². The maximum atomic E-state index is 10.9. The molecule has 0 bridgehead atoms. The number of hydrogen-bond donors (Lipinski definition) is 1. The van der Waals surface area contributed by atoms with Crippen molar-refractivity contribution in [2.24, 2.45) is 0 Å². The van der Waals surface area contributed by atoms with E-state index in [2.05, 4.69) is 11.7 Å². The van der Waals surface area contributed by atoms with Gasteiger partial charge >= 0.3 is 5.97 Å². The molecule has 80 valence electrons. The number of anilines is 1. The molecule has 0 spiro atoms. The highest BCUT2D eigenvalue weighted by atomic mass is 16.5. The van der Waals surface area contributed by atoms with Crippen molar-refractivity contribution in [2.75, 3.05) is 12.8 Å². The number of ether oxygens (including phenoxy) is 1. The van der Waals surface area contributed by atoms with Crippen LogP contribution in [0, 0.1) is 0 Å². The highest BCUT2D eigenvalue weighted by Gasteiger charge is 1.98. The van der Waals surface area contributed by atoms with Crippen LogP contribution in [-0.4, -0.2) is 13.1 Å². The standard InChI is InChI=1S/C12H15NO2/c1-3-9-4-5-10(11(13)8-9)6-7-12(14)15-2/h4-8H,3,13H2,1-2H3. The Balaban J connectivity index is 2.87. The lowest BCUT2D eigenvalue weighted by molar-refractivity contribution is -0.134. The molecule has 0 heterocycles. The average Bonchev–Trinajstić information content (AvgIpc) is 2.26. The number of aryl methyl sites for hydroxylation is 1. The largest absolute Gasteiger partial charge is 0.466 e. The summed E-state index contributed by atoms with van der Waals surface area (Å²) in [5.74, 6) is -0.381. The predicted molar refractivity (Wildman–Crippen MR) is 61.3 cm³/mol. The van der Waals surface area contributed by atoms with Crippen molar-refractivity contribution in [3.8, 4) is 0 Å². The first-order chi connectivity index (χ1) is 7.17. The molecule has 1 aromatic carbocycles. The third kappa shape index (κ3) is 3.13. The molecule has 0 aliphatic carbocycles. The van der Waals surface area contributed by atoms with E-state index in [0.29, 0.717) is 5.69 Å². The molecule has 0 radical (unpaired) electrons. The third-order valence-corrected chi connectivity index (χ3v) is 2.16. The Bertz CT molecular complexity index is 383. The molecule has 0 fully saturated rings. The number of carbonyl (C=O) groups excluding carboxylic acids is 1. The van der Waals surface area contributed by atoms with Crippen LogP contribution in [0.4, 0.5) is 5.69 Å². The molecule has 1 aromatic rings. The van der Waals surface area contributed by atoms with E-state index in [-0.39, 0.29) is 5.97 Å². The van der Waals surface area contributed by atoms with Crippen molar-refractivity contribution >= 4 is 17.7 Å². The van der Waals surface area contributed by atoms with Gasteiger partial charge in [0.05, 0.1) is 7.11 Å². The molecule has 0 unspecified atom stereocenters. The molecule has 0 amide bonds. The smallest absolute Gasteiger partial charge is 0.330 e. The number of benzene rings is 1. The summed E-state index contributed by atoms with van der Waals surface area (Å²) in [5.41, 5.74) is 8.51. The fraction of sp³-hybridized carbons (Fsp3) is 0.250. The quantitative estimate of drug-likeness (QED) is 0.466. The highest BCUT2D eigenvalue weighted by Crippen LogP contribution is 2.16. The van der Waals surface area contributed by atoms with Gasteiger partial charge in [-0.05, 0) is 29.7 Å². The molecule has 0 atom stereocenters. The van der Waals surface area contributed by atoms with Crippen molar-refractivity contribution in [3.63, 3.8) is 0 Å². The fourth-order valence-electron chi connectivity index (χ4n) is 1.22. The molecule has 3 nitrogen and oxygen atoms in total. The SMILES string of the molecule is CCc1ccc(C=CC(=O)OC)c(N)c1. The van der Waals surface area contributed by atoms with E-state index in [1.807, 2.05) is 18.2 Å². The summed E-state index contributed by atoms with van der Waals surface area (Å²) in [6.45, 7) is 2.07. The molecular formula is C12H15NO2. The molecule has 0 saturated carbocycles. The van der Waals surface area contributed by atoms with Gasteiger partial charge in [0.2, 0.25) is 0 Å². The van der Waals surface area contributed by atoms with E-state index in [1.54, 1.807) is 6.08 Å². The van der Waals surface area contributed by atoms with Crippen molar-refractivity contribution in [2.45, 2.75) is 13.3 Å². The highest BCUT2D eigenvalue weighted by molar-refractivity contribution is 5.88. The number of carbonyl (C=O) groups is 1. The van der Waals surface area contributed by atoms with Gasteiger partial charge in [-0.2, -0.15) is 0 Å². The molecule has 0 aliphatic rings. The van der Waals surface area contributed by atoms with Gasteiger partial charge in [0.15, 0.2) is 0 Å². The summed E-state index contributed by atoms with van der Waals surface area (Å²) < 4.78 is 4.49. The van der Waals surface area contributed by atoms with E-state index < -0.39 is 0 Å². The first-order valence-electron chi connectivity index (χ1n) is 4.81. The van der Waals surface area contributed by atoms with Gasteiger partial charge in [0, 0.05) is 11.8 Å². The number of methoxy groups -OCH3 is 1. The second kappa shape index (κ2) is 5.20. The van der Waals surface area contributed by atoms with Crippen LogP contribution < -0.4 is 5.73 Å². The third-order valence-electron chi connectivity index (χ3n) is 2.16. The normalized spacial score (nSPS) is 10.5. The van der Waals surface area contributed by atoms with Gasteiger partial charge in [-0.25, -0.2) is 4.79 Å². The fourth-order valence-corrected chi connectivity index (χ4v) is 1.22. The van der Waals surface area contributed by atoms with Gasteiger partial charge in [-0.1, -0.05) is 19.1 Å². The van der Waals surface area contributed by atoms with Crippen molar-refractivity contribution in [3.05, 3.63) is 35.4 Å². The van der Waals surface area contributed by atoms with E-state index in [4.69, 9.17) is 5.73 Å². The lowest BCUT2D eigenvalue weighted by Gasteiger charge is -2.02. The molecule has 15 heavy (non-hydrogen) atoms. The average molecular weight is 205 g/mol. The molecular weight excluding hydrogens is 190 g/mol. The van der Waals surface area contributed by atoms with Crippen LogP contribution in [0.3, 0.4) is 0 Å². The number of rotatable bonds is 3. The second-order valence-corrected chi connectivity index (χ2v) is 3.17. The zero-order valence-electron chi connectivity index (χ0n) is 8.99. The van der Waals surface area contributed by atoms with Gasteiger partial charge in [-0.3, -0.25) is 0 Å². The summed E-state index contributed by atoms with van der Waals surface area (Å²) in [5, 5.41) is 0. The topological polar surface area (TPSA) is 52.3 Å². The Kier molecular flexibility index (Phi) is 3.92. The zero-order chi connectivity index (χ0) is 11.3. The van der Waals surface area contributed by atoms with Crippen LogP contribution in [0.5, 0.6) is 0 Å². The number of nitrogen functional groups attached to an aromatic ring is 1. The van der Waals surface area contributed by atoms with Crippen LogP contribution in [0.15, 0.2) is 24.3 Å². The first-order valence-corrected chi connectivity index (χ1v) is 4.81. The Labute approximate surface area is 89.5 Å². The van der Waals surface area contributed by atoms with Crippen LogP contribution in [0.2, 0.25) is 0 Å². The molecule has 1 rings (SSSR count). The summed E-state index contributed by atoms with van der Waals surface area (Å²) in [4.78, 5) is 10.9. The molecule has 0 aromatic heterocycles. The minimum absolute atomic E-state index is 0.381. The first kappa shape index (κ1) is 11.3. The summed E-state index contributed by atoms with van der Waals surface area (Å²) in [6, 6.07) is 5.80. The van der Waals surface area contributed by atoms with Gasteiger partial charge in [0.1, 0.15) is 0 Å². The van der Waals surface area contributed by atoms with E-state index in [1.165, 1.54) is 18.7 Å². The minimum Gasteiger partial charge on any atom is -0.466 e. The zero-order valence-corrected chi connectivity index (χ0v) is 8.99. The molecule has 2 N–H and O–H groups in total. The Morgan fingerprint density at radius 1 is 1.53 bits per heavy atom. The molecule has 3 heteroatoms. The van der Waals surface area contributed by atoms with Crippen molar-refractivity contribution in [1.82, 2.24) is 0 Å². The molecule has 0 saturated heterocycles. The van der Waals surface area contributed by atoms with Crippen LogP contribution >= 0.6 is 0 Å². The number of hydrogen-bond acceptors (Lipinski definition) is 3. The maximum Gasteiger partial charge on any atom is 0.330 e. The number of esters is 1. The lowest BCUT2D eigenvalue weighted by atomic mass is 10.1. The Morgan fingerprint density at radius 3 is 2.80 bits per heavy atom. The predicted octanol–water partition coefficient (Wildman–Crippen LogP) is 2.02. The van der Waals surface area contributed by atoms with E-state index in [9.17, 15) is 4.79 Å². The van der Waals surface area contributed by atoms with Crippen LogP contribution in [0.1, 0.15) is 18.1 Å². The molecule has 0 aliphatic heterocycles. The van der Waals surface area contributed by atoms with Crippen LogP contribution in [0.25, 0.3) is 6.08 Å². The van der Waals surface area contributed by atoms with E-state index >= 15 is 0 Å². The lowest BCUT2D eigenvalue weighted by Crippen LogP contribution is -1.95. The Morgan fingerprint density at radius 2 is 2.27 bits per heavy atom. The van der Waals surface area contributed by atoms with Gasteiger partial charge in [0.25, 0.3) is 0 Å². The summed E-state index contributed by atoms with van der Waals surface area (Å²) >= 11 is 0. The summed E-state index contributed by atoms with van der Waals surface area (Å²) in [6.07, 6.45) is 3.96. The van der Waals surface area contributed by atoms with Crippen LogP contribution in [-0.2, 0) is 16.0 Å².